The van der Waals surface area contributed by atoms with Crippen LogP contribution in [0.2, 0.25) is 0 Å². The number of hydrogen-bond acceptors (Lipinski definition) is 4. The highest BCUT2D eigenvalue weighted by atomic mass is 31.2. The zero-order chi connectivity index (χ0) is 11.8. The van der Waals surface area contributed by atoms with E-state index in [2.05, 4.69) is 0 Å². The van der Waals surface area contributed by atoms with Gasteiger partial charge in [0.15, 0.2) is 0 Å². The van der Waals surface area contributed by atoms with Gasteiger partial charge in [-0.3, -0.25) is 15.0 Å². The average molecular weight is 229 g/mol. The molecule has 0 saturated carbocycles. The molecule has 0 aliphatic heterocycles. The zero-order valence-corrected chi connectivity index (χ0v) is 9.68. The molecule has 6 nitrogen and oxygen atoms in total. The van der Waals surface area contributed by atoms with E-state index in [-0.39, 0.29) is 5.23 Å². The van der Waals surface area contributed by atoms with E-state index >= 15 is 0 Å². The molecule has 0 aliphatic carbocycles. The molecule has 7 heteroatoms. The van der Waals surface area contributed by atoms with Crippen LogP contribution in [0.1, 0.15) is 26.7 Å². The third-order valence-electron chi connectivity index (χ3n) is 1.58. The maximum absolute atomic E-state index is 9.33. The van der Waals surface area contributed by atoms with Gasteiger partial charge in [0.2, 0.25) is 0 Å². The van der Waals surface area contributed by atoms with Crippen molar-refractivity contribution in [2.45, 2.75) is 26.7 Å². The van der Waals surface area contributed by atoms with Crippen LogP contribution in [0.5, 0.6) is 0 Å². The first-order chi connectivity index (χ1) is 6.20. The molecule has 0 saturated heterocycles. The fourth-order valence-corrected chi connectivity index (χ4v) is 0.778. The first-order valence-electron chi connectivity index (χ1n) is 4.38. The molecule has 0 rings (SSSR count). The number of nitrogens with zero attached hydrogens (tertiary/aromatic N) is 1. The lowest BCUT2D eigenvalue weighted by molar-refractivity contribution is -0.312. The van der Waals surface area contributed by atoms with Crippen LogP contribution in [-0.4, -0.2) is 38.6 Å². The van der Waals surface area contributed by atoms with Crippen LogP contribution >= 0.6 is 7.60 Å². The summed E-state index contributed by atoms with van der Waals surface area (Å²) in [5.41, 5.74) is 0. The summed E-state index contributed by atoms with van der Waals surface area (Å²) >= 11 is 0. The Morgan fingerprint density at radius 1 is 1.21 bits per heavy atom. The second kappa shape index (κ2) is 8.35. The summed E-state index contributed by atoms with van der Waals surface area (Å²) in [6.45, 7) is 5.29. The zero-order valence-electron chi connectivity index (χ0n) is 8.79. The Bertz CT molecular complexity index is 157. The third kappa shape index (κ3) is 22.7. The highest BCUT2D eigenvalue weighted by Crippen LogP contribution is 2.26. The van der Waals surface area contributed by atoms with Gasteiger partial charge in [0.25, 0.3) is 0 Å². The Hall–Kier alpha value is 0.0300. The summed E-state index contributed by atoms with van der Waals surface area (Å²) in [5.74, 6) is 0.403. The fourth-order valence-electron chi connectivity index (χ4n) is 0.778. The molecule has 0 radical (unpaired) electrons. The van der Waals surface area contributed by atoms with E-state index in [0.29, 0.717) is 12.5 Å². The van der Waals surface area contributed by atoms with E-state index in [4.69, 9.17) is 20.2 Å². The van der Waals surface area contributed by atoms with Gasteiger partial charge in [0, 0.05) is 6.66 Å². The SMILES string of the molecule is CCC(CC)CN(O)O.CP(=O)(O)O. The van der Waals surface area contributed by atoms with Gasteiger partial charge >= 0.3 is 7.60 Å². The van der Waals surface area contributed by atoms with Crippen molar-refractivity contribution < 1.29 is 24.8 Å². The molecule has 0 atom stereocenters. The Morgan fingerprint density at radius 2 is 1.50 bits per heavy atom. The molecule has 0 heterocycles. The Morgan fingerprint density at radius 3 is 1.57 bits per heavy atom. The Balaban J connectivity index is 0. The predicted octanol–water partition coefficient (Wildman–Crippen LogP) is 1.30. The second-order valence-corrected chi connectivity index (χ2v) is 4.74. The molecule has 4 N–H and O–H groups in total. The van der Waals surface area contributed by atoms with Crippen LogP contribution in [0.25, 0.3) is 0 Å². The monoisotopic (exact) mass is 229 g/mol. The normalized spacial score (nSPS) is 11.5. The first kappa shape index (κ1) is 16.5. The van der Waals surface area contributed by atoms with E-state index < -0.39 is 7.60 Å². The smallest absolute Gasteiger partial charge is 0.322 e. The maximum atomic E-state index is 9.33. The topological polar surface area (TPSA) is 101 Å². The average Bonchev–Trinajstić information content (AvgIpc) is 1.96. The Kier molecular flexibility index (Phi) is 9.81. The van der Waals surface area contributed by atoms with Crippen molar-refractivity contribution in [2.24, 2.45) is 5.92 Å². The minimum Gasteiger partial charge on any atom is -0.325 e. The van der Waals surface area contributed by atoms with Gasteiger partial charge in [-0.05, 0) is 5.92 Å². The van der Waals surface area contributed by atoms with Crippen LogP contribution in [-0.2, 0) is 4.57 Å². The van der Waals surface area contributed by atoms with Gasteiger partial charge < -0.3 is 9.79 Å². The molecule has 0 amide bonds. The summed E-state index contributed by atoms with van der Waals surface area (Å²) < 4.78 is 9.33. The van der Waals surface area contributed by atoms with Crippen LogP contribution in [0.3, 0.4) is 0 Å². The van der Waals surface area contributed by atoms with E-state index in [9.17, 15) is 4.57 Å². The van der Waals surface area contributed by atoms with Crippen LogP contribution in [0.4, 0.5) is 0 Å². The molecule has 0 fully saturated rings. The van der Waals surface area contributed by atoms with Crippen molar-refractivity contribution >= 4 is 7.60 Å². The molecule has 0 aromatic rings. The lowest BCUT2D eigenvalue weighted by atomic mass is 10.0. The van der Waals surface area contributed by atoms with Gasteiger partial charge in [-0.2, -0.15) is 0 Å². The molecule has 0 aliphatic rings. The van der Waals surface area contributed by atoms with Crippen LogP contribution < -0.4 is 0 Å². The van der Waals surface area contributed by atoms with Crippen molar-refractivity contribution in [3.63, 3.8) is 0 Å². The standard InChI is InChI=1S/C6H15NO2.CH5O3P/c1-3-6(4-2)5-7(8)9;1-5(2,3)4/h6,8-9H,3-5H2,1-2H3;1H3,(H2,2,3,4). The molecule has 0 spiro atoms. The summed E-state index contributed by atoms with van der Waals surface area (Å²) in [7, 11) is -3.64. The molecule has 88 valence electrons. The van der Waals surface area contributed by atoms with E-state index in [1.54, 1.807) is 0 Å². The molecule has 0 bridgehead atoms. The maximum Gasteiger partial charge on any atom is 0.322 e. The minimum atomic E-state index is -3.64. The largest absolute Gasteiger partial charge is 0.325 e. The highest BCUT2D eigenvalue weighted by molar-refractivity contribution is 7.50. The third-order valence-corrected chi connectivity index (χ3v) is 1.58. The summed E-state index contributed by atoms with van der Waals surface area (Å²) in [4.78, 5) is 15.3. The van der Waals surface area contributed by atoms with Crippen molar-refractivity contribution in [3.8, 4) is 0 Å². The van der Waals surface area contributed by atoms with Gasteiger partial charge in [-0.1, -0.05) is 31.9 Å². The summed E-state index contributed by atoms with van der Waals surface area (Å²) in [5, 5.41) is 17.0. The molecule has 0 unspecified atom stereocenters. The highest BCUT2D eigenvalue weighted by Gasteiger charge is 2.05. The molecular formula is C7H20NO5P. The van der Waals surface area contributed by atoms with Gasteiger partial charge in [-0.25, -0.2) is 0 Å². The van der Waals surface area contributed by atoms with Crippen molar-refractivity contribution in [1.29, 1.82) is 0 Å². The van der Waals surface area contributed by atoms with Crippen molar-refractivity contribution in [2.75, 3.05) is 13.2 Å². The molecule has 14 heavy (non-hydrogen) atoms. The number of hydroxylamine groups is 2. The van der Waals surface area contributed by atoms with Crippen LogP contribution in [0, 0.1) is 5.92 Å². The Labute approximate surface area is 84.2 Å². The summed E-state index contributed by atoms with van der Waals surface area (Å²) in [6, 6.07) is 0. The summed E-state index contributed by atoms with van der Waals surface area (Å²) in [6.07, 6.45) is 1.99. The van der Waals surface area contributed by atoms with Crippen LogP contribution in [0.15, 0.2) is 0 Å². The molecule has 0 aromatic carbocycles. The van der Waals surface area contributed by atoms with Crippen molar-refractivity contribution in [1.82, 2.24) is 5.23 Å². The molecular weight excluding hydrogens is 209 g/mol. The van der Waals surface area contributed by atoms with Gasteiger partial charge in [0.1, 0.15) is 0 Å². The van der Waals surface area contributed by atoms with E-state index in [1.165, 1.54) is 0 Å². The van der Waals surface area contributed by atoms with Gasteiger partial charge in [0.05, 0.1) is 6.54 Å². The van der Waals surface area contributed by atoms with E-state index in [0.717, 1.165) is 19.5 Å². The minimum absolute atomic E-state index is 0.262. The van der Waals surface area contributed by atoms with Crippen molar-refractivity contribution in [3.05, 3.63) is 0 Å². The number of rotatable bonds is 4. The first-order valence-corrected chi connectivity index (χ1v) is 6.44. The van der Waals surface area contributed by atoms with Gasteiger partial charge in [-0.15, -0.1) is 0 Å². The number of hydrogen-bond donors (Lipinski definition) is 4. The lowest BCUT2D eigenvalue weighted by Crippen LogP contribution is -2.21. The van der Waals surface area contributed by atoms with E-state index in [1.807, 2.05) is 13.8 Å². The lowest BCUT2D eigenvalue weighted by Gasteiger charge is -2.13. The fraction of sp³-hybridized carbons (Fsp3) is 1.00. The molecule has 0 aromatic heterocycles. The second-order valence-electron chi connectivity index (χ2n) is 3.07. The quantitative estimate of drug-likeness (QED) is 0.428. The predicted molar refractivity (Wildman–Crippen MR) is 52.3 cm³/mol.